The molecule has 2 aromatic rings. The molecule has 1 aromatic carbocycles. The minimum Gasteiger partial charge on any atom is -0.496 e. The third-order valence-corrected chi connectivity index (χ3v) is 2.79. The Bertz CT molecular complexity index is 602. The summed E-state index contributed by atoms with van der Waals surface area (Å²) in [6.07, 6.45) is 0. The Morgan fingerprint density at radius 3 is 2.61 bits per heavy atom. The molecular formula is C13H15N3O2. The molecule has 94 valence electrons. The first-order chi connectivity index (χ1) is 8.52. The van der Waals surface area contributed by atoms with Crippen molar-refractivity contribution in [1.82, 2.24) is 9.97 Å². The molecule has 0 fully saturated rings. The van der Waals surface area contributed by atoms with E-state index in [0.717, 1.165) is 28.3 Å². The van der Waals surface area contributed by atoms with Crippen LogP contribution in [0, 0.1) is 13.8 Å². The van der Waals surface area contributed by atoms with Crippen LogP contribution < -0.4 is 10.5 Å². The quantitative estimate of drug-likeness (QED) is 0.865. The number of aromatic nitrogens is 2. The lowest BCUT2D eigenvalue weighted by Gasteiger charge is -2.06. The molecule has 0 saturated carbocycles. The molecular weight excluding hydrogens is 230 g/mol. The monoisotopic (exact) mass is 245 g/mol. The van der Waals surface area contributed by atoms with E-state index in [1.54, 1.807) is 7.11 Å². The van der Waals surface area contributed by atoms with Crippen molar-refractivity contribution >= 4 is 5.91 Å². The fraction of sp³-hybridized carbons (Fsp3) is 0.231. The second-order valence-corrected chi connectivity index (χ2v) is 4.11. The molecule has 0 aliphatic rings. The Labute approximate surface area is 105 Å². The molecule has 5 nitrogen and oxygen atoms in total. The highest BCUT2D eigenvalue weighted by Crippen LogP contribution is 2.26. The van der Waals surface area contributed by atoms with E-state index in [4.69, 9.17) is 10.5 Å². The van der Waals surface area contributed by atoms with Crippen LogP contribution in [-0.4, -0.2) is 23.0 Å². The van der Waals surface area contributed by atoms with E-state index in [9.17, 15) is 4.79 Å². The lowest BCUT2D eigenvalue weighted by molar-refractivity contribution is 0.0991. The van der Waals surface area contributed by atoms with E-state index < -0.39 is 5.91 Å². The molecule has 0 saturated heterocycles. The van der Waals surface area contributed by atoms with Gasteiger partial charge in [-0.05, 0) is 37.6 Å². The molecule has 0 unspecified atom stereocenters. The van der Waals surface area contributed by atoms with Crippen LogP contribution in [0.4, 0.5) is 0 Å². The Morgan fingerprint density at radius 1 is 1.39 bits per heavy atom. The van der Waals surface area contributed by atoms with Gasteiger partial charge in [0.1, 0.15) is 5.75 Å². The highest BCUT2D eigenvalue weighted by molar-refractivity contribution is 5.90. The second-order valence-electron chi connectivity index (χ2n) is 4.11. The lowest BCUT2D eigenvalue weighted by atomic mass is 10.1. The zero-order valence-corrected chi connectivity index (χ0v) is 10.6. The smallest absolute Gasteiger partial charge is 0.284 e. The summed E-state index contributed by atoms with van der Waals surface area (Å²) in [5, 5.41) is 0. The van der Waals surface area contributed by atoms with Gasteiger partial charge in [0.15, 0.2) is 5.82 Å². The number of hydrogen-bond donors (Lipinski definition) is 2. The van der Waals surface area contributed by atoms with E-state index in [1.165, 1.54) is 0 Å². The first-order valence-electron chi connectivity index (χ1n) is 5.54. The molecule has 0 spiro atoms. The van der Waals surface area contributed by atoms with Crippen LogP contribution >= 0.6 is 0 Å². The van der Waals surface area contributed by atoms with Gasteiger partial charge >= 0.3 is 0 Å². The van der Waals surface area contributed by atoms with Gasteiger partial charge in [0.05, 0.1) is 12.8 Å². The van der Waals surface area contributed by atoms with Gasteiger partial charge in [0, 0.05) is 11.3 Å². The number of nitrogens with zero attached hydrogens (tertiary/aromatic N) is 1. The number of benzene rings is 1. The fourth-order valence-electron chi connectivity index (χ4n) is 1.88. The summed E-state index contributed by atoms with van der Waals surface area (Å²) >= 11 is 0. The number of H-pyrrole nitrogens is 1. The largest absolute Gasteiger partial charge is 0.496 e. The number of ether oxygens (including phenoxy) is 1. The number of carbonyl (C=O) groups is 1. The van der Waals surface area contributed by atoms with Crippen molar-refractivity contribution in [2.75, 3.05) is 7.11 Å². The number of methoxy groups -OCH3 is 1. The van der Waals surface area contributed by atoms with Crippen LogP contribution in [0.5, 0.6) is 5.75 Å². The number of nitrogens with two attached hydrogens (primary N) is 1. The van der Waals surface area contributed by atoms with Crippen LogP contribution in [0.3, 0.4) is 0 Å². The van der Waals surface area contributed by atoms with Crippen LogP contribution in [0.2, 0.25) is 0 Å². The van der Waals surface area contributed by atoms with Crippen LogP contribution in [-0.2, 0) is 0 Å². The number of imidazole rings is 1. The Morgan fingerprint density at radius 2 is 2.11 bits per heavy atom. The average Bonchev–Trinajstić information content (AvgIpc) is 2.71. The van der Waals surface area contributed by atoms with Gasteiger partial charge in [0.25, 0.3) is 5.91 Å². The molecule has 1 heterocycles. The molecule has 3 N–H and O–H groups in total. The molecule has 0 bridgehead atoms. The van der Waals surface area contributed by atoms with Gasteiger partial charge in [-0.15, -0.1) is 0 Å². The molecule has 0 aliphatic heterocycles. The molecule has 1 aromatic heterocycles. The number of rotatable bonds is 3. The van der Waals surface area contributed by atoms with E-state index in [1.807, 2.05) is 32.0 Å². The maximum absolute atomic E-state index is 11.1. The van der Waals surface area contributed by atoms with Crippen molar-refractivity contribution in [3.8, 4) is 17.0 Å². The number of primary amides is 1. The fourth-order valence-corrected chi connectivity index (χ4v) is 1.88. The maximum atomic E-state index is 11.1. The van der Waals surface area contributed by atoms with Gasteiger partial charge in [-0.2, -0.15) is 0 Å². The number of nitrogens with one attached hydrogen (secondary N) is 1. The Hall–Kier alpha value is -2.30. The predicted molar refractivity (Wildman–Crippen MR) is 68.6 cm³/mol. The summed E-state index contributed by atoms with van der Waals surface area (Å²) in [5.74, 6) is 0.438. The number of aromatic amines is 1. The van der Waals surface area contributed by atoms with Gasteiger partial charge in [-0.3, -0.25) is 4.79 Å². The average molecular weight is 245 g/mol. The third kappa shape index (κ3) is 2.07. The minimum atomic E-state index is -0.561. The molecule has 0 aliphatic carbocycles. The van der Waals surface area contributed by atoms with Crippen LogP contribution in [0.15, 0.2) is 18.2 Å². The van der Waals surface area contributed by atoms with E-state index in [2.05, 4.69) is 9.97 Å². The van der Waals surface area contributed by atoms with E-state index in [-0.39, 0.29) is 5.82 Å². The van der Waals surface area contributed by atoms with Crippen molar-refractivity contribution in [3.05, 3.63) is 35.3 Å². The number of hydrogen-bond acceptors (Lipinski definition) is 3. The third-order valence-electron chi connectivity index (χ3n) is 2.79. The first-order valence-corrected chi connectivity index (χ1v) is 5.54. The summed E-state index contributed by atoms with van der Waals surface area (Å²) in [5.41, 5.74) is 8.68. The zero-order chi connectivity index (χ0) is 13.3. The maximum Gasteiger partial charge on any atom is 0.284 e. The van der Waals surface area contributed by atoms with Gasteiger partial charge in [-0.25, -0.2) is 4.98 Å². The van der Waals surface area contributed by atoms with Crippen molar-refractivity contribution in [3.63, 3.8) is 0 Å². The Balaban J connectivity index is 2.48. The van der Waals surface area contributed by atoms with Crippen molar-refractivity contribution in [1.29, 1.82) is 0 Å². The summed E-state index contributed by atoms with van der Waals surface area (Å²) in [7, 11) is 1.63. The normalized spacial score (nSPS) is 10.4. The SMILES string of the molecule is COc1ccc(-c2nc(C(N)=O)[nH]c2C)cc1C. The zero-order valence-electron chi connectivity index (χ0n) is 10.6. The van der Waals surface area contributed by atoms with E-state index in [0.29, 0.717) is 0 Å². The number of carbonyl (C=O) groups excluding carboxylic acids is 1. The predicted octanol–water partition coefficient (Wildman–Crippen LogP) is 1.80. The standard InChI is InChI=1S/C13H15N3O2/c1-7-6-9(4-5-10(7)18-3)11-8(2)15-13(16-11)12(14)17/h4-6H,1-3H3,(H2,14,17)(H,15,16). The van der Waals surface area contributed by atoms with Gasteiger partial charge in [0.2, 0.25) is 0 Å². The molecule has 0 atom stereocenters. The molecule has 1 amide bonds. The summed E-state index contributed by atoms with van der Waals surface area (Å²) in [6.45, 7) is 3.81. The van der Waals surface area contributed by atoms with Crippen LogP contribution in [0.25, 0.3) is 11.3 Å². The second kappa shape index (κ2) is 4.52. The highest BCUT2D eigenvalue weighted by Gasteiger charge is 2.13. The minimum absolute atomic E-state index is 0.177. The highest BCUT2D eigenvalue weighted by atomic mass is 16.5. The number of amides is 1. The first kappa shape index (κ1) is 12.2. The van der Waals surface area contributed by atoms with Crippen molar-refractivity contribution in [2.24, 2.45) is 5.73 Å². The summed E-state index contributed by atoms with van der Waals surface area (Å²) in [6, 6.07) is 5.75. The van der Waals surface area contributed by atoms with Crippen molar-refractivity contribution < 1.29 is 9.53 Å². The summed E-state index contributed by atoms with van der Waals surface area (Å²) < 4.78 is 5.21. The molecule has 0 radical (unpaired) electrons. The van der Waals surface area contributed by atoms with Gasteiger partial charge in [-0.1, -0.05) is 0 Å². The Kier molecular flexibility index (Phi) is 3.06. The van der Waals surface area contributed by atoms with E-state index >= 15 is 0 Å². The van der Waals surface area contributed by atoms with Crippen LogP contribution in [0.1, 0.15) is 21.9 Å². The topological polar surface area (TPSA) is 81.0 Å². The molecule has 5 heteroatoms. The molecule has 18 heavy (non-hydrogen) atoms. The van der Waals surface area contributed by atoms with Crippen molar-refractivity contribution in [2.45, 2.75) is 13.8 Å². The molecule has 2 rings (SSSR count). The van der Waals surface area contributed by atoms with Gasteiger partial charge < -0.3 is 15.5 Å². The summed E-state index contributed by atoms with van der Waals surface area (Å²) in [4.78, 5) is 18.2. The number of aryl methyl sites for hydroxylation is 2. The lowest BCUT2D eigenvalue weighted by Crippen LogP contribution is -2.12.